The number of amides is 1. The third-order valence-electron chi connectivity index (χ3n) is 2.60. The number of nitrogens with zero attached hydrogens (tertiary/aromatic N) is 1. The number of nitrogens with one attached hydrogen (secondary N) is 1. The number of hydrogen-bond acceptors (Lipinski definition) is 3. The zero-order chi connectivity index (χ0) is 14.7. The van der Waals surface area contributed by atoms with Crippen LogP contribution in [0.2, 0.25) is 5.02 Å². The summed E-state index contributed by atoms with van der Waals surface area (Å²) in [4.78, 5) is 12.1. The number of rotatable bonds is 2. The molecule has 0 bridgehead atoms. The Balaban J connectivity index is 2.26. The molecule has 100 valence electrons. The molecule has 0 spiro atoms. The maximum Gasteiger partial charge on any atom is 0.257 e. The standard InChI is InChI=1S/C14H9BrClN3O/c15-11-5-8(7-17)1-4-13(11)19-14(20)10-3-2-9(16)6-12(10)18/h1-6H,18H2,(H,19,20). The second kappa shape index (κ2) is 5.95. The molecule has 6 heteroatoms. The van der Waals surface area contributed by atoms with Gasteiger partial charge in [-0.1, -0.05) is 11.6 Å². The van der Waals surface area contributed by atoms with Crippen LogP contribution >= 0.6 is 27.5 Å². The average molecular weight is 351 g/mol. The molecule has 1 amide bonds. The van der Waals surface area contributed by atoms with E-state index in [0.29, 0.717) is 32.0 Å². The third kappa shape index (κ3) is 3.10. The Morgan fingerprint density at radius 1 is 1.30 bits per heavy atom. The fourth-order valence-corrected chi connectivity index (χ4v) is 2.27. The lowest BCUT2D eigenvalue weighted by Gasteiger charge is -2.09. The molecule has 2 aromatic rings. The van der Waals surface area contributed by atoms with Crippen molar-refractivity contribution < 1.29 is 4.79 Å². The van der Waals surface area contributed by atoms with E-state index in [2.05, 4.69) is 21.2 Å². The van der Waals surface area contributed by atoms with Gasteiger partial charge in [0.2, 0.25) is 0 Å². The van der Waals surface area contributed by atoms with Crippen LogP contribution in [0.4, 0.5) is 11.4 Å². The van der Waals surface area contributed by atoms with Crippen LogP contribution in [-0.4, -0.2) is 5.91 Å². The van der Waals surface area contributed by atoms with Crippen LogP contribution in [0.5, 0.6) is 0 Å². The van der Waals surface area contributed by atoms with Crippen molar-refractivity contribution in [3.05, 3.63) is 57.0 Å². The molecule has 20 heavy (non-hydrogen) atoms. The number of benzene rings is 2. The summed E-state index contributed by atoms with van der Waals surface area (Å²) in [6.45, 7) is 0. The first-order chi connectivity index (χ1) is 9.51. The van der Waals surface area contributed by atoms with Crippen molar-refractivity contribution >= 4 is 44.8 Å². The number of carbonyl (C=O) groups excluding carboxylic acids is 1. The van der Waals surface area contributed by atoms with Crippen LogP contribution in [0.3, 0.4) is 0 Å². The topological polar surface area (TPSA) is 78.9 Å². The van der Waals surface area contributed by atoms with E-state index in [4.69, 9.17) is 22.6 Å². The minimum absolute atomic E-state index is 0.305. The van der Waals surface area contributed by atoms with Crippen LogP contribution < -0.4 is 11.1 Å². The van der Waals surface area contributed by atoms with E-state index in [0.717, 1.165) is 0 Å². The number of nitrogens with two attached hydrogens (primary N) is 1. The lowest BCUT2D eigenvalue weighted by molar-refractivity contribution is 0.102. The molecule has 0 unspecified atom stereocenters. The highest BCUT2D eigenvalue weighted by molar-refractivity contribution is 9.10. The van der Waals surface area contributed by atoms with Crippen molar-refractivity contribution in [3.63, 3.8) is 0 Å². The lowest BCUT2D eigenvalue weighted by Crippen LogP contribution is -2.14. The second-order valence-electron chi connectivity index (χ2n) is 3.99. The molecule has 3 N–H and O–H groups in total. The fourth-order valence-electron chi connectivity index (χ4n) is 1.62. The predicted octanol–water partition coefficient (Wildman–Crippen LogP) is 3.81. The molecule has 0 atom stereocenters. The van der Waals surface area contributed by atoms with Crippen molar-refractivity contribution in [1.29, 1.82) is 5.26 Å². The van der Waals surface area contributed by atoms with E-state index in [9.17, 15) is 4.79 Å². The Morgan fingerprint density at radius 3 is 2.65 bits per heavy atom. The molecule has 0 aliphatic rings. The summed E-state index contributed by atoms with van der Waals surface area (Å²) in [5.41, 5.74) is 7.46. The van der Waals surface area contributed by atoms with Crippen molar-refractivity contribution in [2.24, 2.45) is 0 Å². The summed E-state index contributed by atoms with van der Waals surface area (Å²) in [5.74, 6) is -0.343. The van der Waals surface area contributed by atoms with Gasteiger partial charge < -0.3 is 11.1 Å². The van der Waals surface area contributed by atoms with Gasteiger partial charge in [0.05, 0.1) is 22.9 Å². The fraction of sp³-hybridized carbons (Fsp3) is 0. The summed E-state index contributed by atoms with van der Waals surface area (Å²) in [6.07, 6.45) is 0. The minimum Gasteiger partial charge on any atom is -0.398 e. The zero-order valence-electron chi connectivity index (χ0n) is 10.2. The highest BCUT2D eigenvalue weighted by Crippen LogP contribution is 2.25. The van der Waals surface area contributed by atoms with E-state index in [-0.39, 0.29) is 5.91 Å². The Morgan fingerprint density at radius 2 is 2.05 bits per heavy atom. The Bertz CT molecular complexity index is 725. The van der Waals surface area contributed by atoms with E-state index >= 15 is 0 Å². The number of anilines is 2. The van der Waals surface area contributed by atoms with Crippen molar-refractivity contribution in [2.75, 3.05) is 11.1 Å². The molecule has 0 aromatic heterocycles. The molecule has 0 saturated heterocycles. The van der Waals surface area contributed by atoms with E-state index in [1.54, 1.807) is 30.3 Å². The molecule has 2 aromatic carbocycles. The minimum atomic E-state index is -0.343. The smallest absolute Gasteiger partial charge is 0.257 e. The highest BCUT2D eigenvalue weighted by Gasteiger charge is 2.12. The normalized spacial score (nSPS) is 9.85. The lowest BCUT2D eigenvalue weighted by atomic mass is 10.1. The van der Waals surface area contributed by atoms with Crippen LogP contribution in [0, 0.1) is 11.3 Å². The molecule has 0 aliphatic carbocycles. The number of nitriles is 1. The molecule has 2 rings (SSSR count). The monoisotopic (exact) mass is 349 g/mol. The SMILES string of the molecule is N#Cc1ccc(NC(=O)c2ccc(Cl)cc2N)c(Br)c1. The van der Waals surface area contributed by atoms with Crippen LogP contribution in [-0.2, 0) is 0 Å². The van der Waals surface area contributed by atoms with E-state index in [1.807, 2.05) is 6.07 Å². The van der Waals surface area contributed by atoms with Gasteiger partial charge in [0.25, 0.3) is 5.91 Å². The van der Waals surface area contributed by atoms with E-state index < -0.39 is 0 Å². The summed E-state index contributed by atoms with van der Waals surface area (Å²) >= 11 is 9.09. The Labute approximate surface area is 129 Å². The second-order valence-corrected chi connectivity index (χ2v) is 5.28. The van der Waals surface area contributed by atoms with E-state index in [1.165, 1.54) is 6.07 Å². The number of carbonyl (C=O) groups is 1. The van der Waals surface area contributed by atoms with Gasteiger partial charge >= 0.3 is 0 Å². The first-order valence-electron chi connectivity index (χ1n) is 5.57. The number of nitrogen functional groups attached to an aromatic ring is 1. The van der Waals surface area contributed by atoms with Gasteiger partial charge in [0.15, 0.2) is 0 Å². The summed E-state index contributed by atoms with van der Waals surface area (Å²) in [5, 5.41) is 12.0. The van der Waals surface area contributed by atoms with Gasteiger partial charge in [-0.05, 0) is 52.3 Å². The summed E-state index contributed by atoms with van der Waals surface area (Å²) < 4.78 is 0.623. The Hall–Kier alpha value is -2.03. The van der Waals surface area contributed by atoms with Crippen molar-refractivity contribution in [2.45, 2.75) is 0 Å². The Kier molecular flexibility index (Phi) is 4.28. The third-order valence-corrected chi connectivity index (χ3v) is 3.50. The molecule has 4 nitrogen and oxygen atoms in total. The summed E-state index contributed by atoms with van der Waals surface area (Å²) in [7, 11) is 0. The molecule has 0 fully saturated rings. The molecule has 0 radical (unpaired) electrons. The van der Waals surface area contributed by atoms with Crippen LogP contribution in [0.15, 0.2) is 40.9 Å². The van der Waals surface area contributed by atoms with Gasteiger partial charge in [-0.15, -0.1) is 0 Å². The largest absolute Gasteiger partial charge is 0.398 e. The van der Waals surface area contributed by atoms with Gasteiger partial charge in [0.1, 0.15) is 0 Å². The number of hydrogen-bond donors (Lipinski definition) is 2. The molecular weight excluding hydrogens is 342 g/mol. The summed E-state index contributed by atoms with van der Waals surface area (Å²) in [6, 6.07) is 11.6. The average Bonchev–Trinajstić information content (AvgIpc) is 2.40. The molecular formula is C14H9BrClN3O. The van der Waals surface area contributed by atoms with Gasteiger partial charge in [0, 0.05) is 15.2 Å². The first kappa shape index (κ1) is 14.4. The molecule has 0 aliphatic heterocycles. The van der Waals surface area contributed by atoms with Gasteiger partial charge in [-0.2, -0.15) is 5.26 Å². The highest BCUT2D eigenvalue weighted by atomic mass is 79.9. The maximum atomic E-state index is 12.1. The zero-order valence-corrected chi connectivity index (χ0v) is 12.5. The van der Waals surface area contributed by atoms with Crippen molar-refractivity contribution in [1.82, 2.24) is 0 Å². The first-order valence-corrected chi connectivity index (χ1v) is 6.74. The van der Waals surface area contributed by atoms with Gasteiger partial charge in [-0.3, -0.25) is 4.79 Å². The van der Waals surface area contributed by atoms with Crippen molar-refractivity contribution in [3.8, 4) is 6.07 Å². The van der Waals surface area contributed by atoms with Crippen LogP contribution in [0.1, 0.15) is 15.9 Å². The number of halogens is 2. The molecule has 0 saturated carbocycles. The van der Waals surface area contributed by atoms with Gasteiger partial charge in [-0.25, -0.2) is 0 Å². The quantitative estimate of drug-likeness (QED) is 0.808. The van der Waals surface area contributed by atoms with Crippen LogP contribution in [0.25, 0.3) is 0 Å². The molecule has 0 heterocycles. The predicted molar refractivity (Wildman–Crippen MR) is 82.7 cm³/mol. The maximum absolute atomic E-state index is 12.1.